The van der Waals surface area contributed by atoms with Crippen molar-refractivity contribution in [3.63, 3.8) is 0 Å². The minimum absolute atomic E-state index is 0.174. The molecule has 20 heavy (non-hydrogen) atoms. The molecular formula is C16H18N2O2. The molecule has 0 saturated heterocycles. The summed E-state index contributed by atoms with van der Waals surface area (Å²) in [5.74, 6) is 1.61. The fourth-order valence-corrected chi connectivity index (χ4v) is 3.68. The van der Waals surface area contributed by atoms with Crippen molar-refractivity contribution >= 4 is 23.0 Å². The highest BCUT2D eigenvalue weighted by atomic mass is 16.4. The Bertz CT molecular complexity index is 618. The van der Waals surface area contributed by atoms with Crippen molar-refractivity contribution in [1.82, 2.24) is 4.98 Å². The lowest BCUT2D eigenvalue weighted by atomic mass is 10.0. The van der Waals surface area contributed by atoms with Gasteiger partial charge in [0.05, 0.1) is 0 Å². The number of fused-ring (bicyclic) bond motifs is 2. The molecule has 2 aliphatic rings. The maximum atomic E-state index is 12.6. The Balaban J connectivity index is 1.57. The lowest BCUT2D eigenvalue weighted by Crippen LogP contribution is -2.29. The number of benzene rings is 1. The Morgan fingerprint density at radius 1 is 1.25 bits per heavy atom. The highest BCUT2D eigenvalue weighted by molar-refractivity contribution is 5.95. The van der Waals surface area contributed by atoms with E-state index in [0.29, 0.717) is 17.9 Å². The maximum absolute atomic E-state index is 12.6. The SMILES string of the molecule is CN(C(=O)C1C2CCCCC21)c1nc2ccccc2o1. The number of oxazole rings is 1. The molecule has 4 nitrogen and oxygen atoms in total. The molecule has 1 amide bonds. The second kappa shape index (κ2) is 4.33. The average Bonchev–Trinajstić information content (AvgIpc) is 3.05. The predicted octanol–water partition coefficient (Wildman–Crippen LogP) is 3.23. The van der Waals surface area contributed by atoms with Gasteiger partial charge in [0.1, 0.15) is 5.52 Å². The summed E-state index contributed by atoms with van der Waals surface area (Å²) >= 11 is 0. The standard InChI is InChI=1S/C16H18N2O2/c1-18(15(19)14-10-6-2-3-7-11(10)14)16-17-12-8-4-5-9-13(12)20-16/h4-5,8-11,14H,2-3,6-7H2,1H3. The van der Waals surface area contributed by atoms with Crippen LogP contribution in [0.3, 0.4) is 0 Å². The molecule has 1 heterocycles. The lowest BCUT2D eigenvalue weighted by Gasteiger charge is -2.12. The number of rotatable bonds is 2. The van der Waals surface area contributed by atoms with Gasteiger partial charge in [0.2, 0.25) is 5.91 Å². The van der Waals surface area contributed by atoms with Crippen molar-refractivity contribution in [3.8, 4) is 0 Å². The van der Waals surface area contributed by atoms with Crippen LogP contribution in [0.1, 0.15) is 25.7 Å². The fourth-order valence-electron chi connectivity index (χ4n) is 3.68. The van der Waals surface area contributed by atoms with Crippen molar-refractivity contribution in [2.24, 2.45) is 17.8 Å². The minimum Gasteiger partial charge on any atom is -0.423 e. The number of nitrogens with zero attached hydrogens (tertiary/aromatic N) is 2. The summed E-state index contributed by atoms with van der Waals surface area (Å²) in [4.78, 5) is 18.6. The van der Waals surface area contributed by atoms with Gasteiger partial charge in [0.25, 0.3) is 0 Å². The zero-order valence-corrected chi connectivity index (χ0v) is 11.6. The van der Waals surface area contributed by atoms with Crippen LogP contribution < -0.4 is 4.90 Å². The highest BCUT2D eigenvalue weighted by Gasteiger charge is 2.55. The van der Waals surface area contributed by atoms with Gasteiger partial charge in [-0.05, 0) is 36.8 Å². The summed E-state index contributed by atoms with van der Waals surface area (Å²) in [7, 11) is 1.78. The Morgan fingerprint density at radius 3 is 2.65 bits per heavy atom. The van der Waals surface area contributed by atoms with E-state index in [9.17, 15) is 4.79 Å². The van der Waals surface area contributed by atoms with E-state index in [-0.39, 0.29) is 11.8 Å². The molecule has 2 saturated carbocycles. The molecule has 0 N–H and O–H groups in total. The van der Waals surface area contributed by atoms with Gasteiger partial charge in [-0.25, -0.2) is 0 Å². The molecule has 2 aliphatic carbocycles. The zero-order valence-electron chi connectivity index (χ0n) is 11.6. The van der Waals surface area contributed by atoms with Crippen molar-refractivity contribution in [3.05, 3.63) is 24.3 Å². The van der Waals surface area contributed by atoms with Crippen LogP contribution in [0.5, 0.6) is 0 Å². The van der Waals surface area contributed by atoms with E-state index in [4.69, 9.17) is 4.42 Å². The molecule has 0 spiro atoms. The van der Waals surface area contributed by atoms with E-state index in [1.165, 1.54) is 25.7 Å². The van der Waals surface area contributed by atoms with E-state index in [1.54, 1.807) is 11.9 Å². The molecule has 0 aliphatic heterocycles. The second-order valence-electron chi connectivity index (χ2n) is 6.00. The Kier molecular flexibility index (Phi) is 2.59. The molecule has 2 atom stereocenters. The summed E-state index contributed by atoms with van der Waals surface area (Å²) in [6.45, 7) is 0. The summed E-state index contributed by atoms with van der Waals surface area (Å²) in [6.07, 6.45) is 4.97. The molecule has 0 radical (unpaired) electrons. The molecule has 4 rings (SSSR count). The number of amides is 1. The third-order valence-electron chi connectivity index (χ3n) is 4.84. The van der Waals surface area contributed by atoms with Crippen LogP contribution >= 0.6 is 0 Å². The van der Waals surface area contributed by atoms with Gasteiger partial charge < -0.3 is 4.42 Å². The van der Waals surface area contributed by atoms with Crippen LogP contribution in [0.15, 0.2) is 28.7 Å². The van der Waals surface area contributed by atoms with E-state index in [0.717, 1.165) is 11.1 Å². The van der Waals surface area contributed by atoms with Gasteiger partial charge in [-0.1, -0.05) is 25.0 Å². The van der Waals surface area contributed by atoms with E-state index >= 15 is 0 Å². The normalized spacial score (nSPS) is 28.1. The molecule has 1 aromatic carbocycles. The average molecular weight is 270 g/mol. The van der Waals surface area contributed by atoms with Gasteiger partial charge in [-0.3, -0.25) is 9.69 Å². The summed E-state index contributed by atoms with van der Waals surface area (Å²) in [5, 5.41) is 0. The van der Waals surface area contributed by atoms with Gasteiger partial charge >= 0.3 is 6.01 Å². The molecule has 0 bridgehead atoms. The quantitative estimate of drug-likeness (QED) is 0.841. The number of carbonyl (C=O) groups excluding carboxylic acids is 1. The lowest BCUT2D eigenvalue weighted by molar-refractivity contribution is -0.120. The largest absolute Gasteiger partial charge is 0.423 e. The number of hydrogen-bond acceptors (Lipinski definition) is 3. The molecule has 2 unspecified atom stereocenters. The third kappa shape index (κ3) is 1.74. The predicted molar refractivity (Wildman–Crippen MR) is 76.4 cm³/mol. The Hall–Kier alpha value is -1.84. The molecule has 2 fully saturated rings. The van der Waals surface area contributed by atoms with Gasteiger partial charge in [-0.15, -0.1) is 0 Å². The van der Waals surface area contributed by atoms with Crippen LogP contribution in [-0.4, -0.2) is 17.9 Å². The summed E-state index contributed by atoms with van der Waals surface area (Å²) in [6, 6.07) is 8.03. The van der Waals surface area contributed by atoms with Crippen LogP contribution in [-0.2, 0) is 4.79 Å². The molecule has 4 heteroatoms. The third-order valence-corrected chi connectivity index (χ3v) is 4.84. The summed E-state index contributed by atoms with van der Waals surface area (Å²) in [5.41, 5.74) is 1.53. The van der Waals surface area contributed by atoms with E-state index in [1.807, 2.05) is 24.3 Å². The van der Waals surface area contributed by atoms with Crippen molar-refractivity contribution in [2.75, 3.05) is 11.9 Å². The van der Waals surface area contributed by atoms with Gasteiger partial charge in [-0.2, -0.15) is 4.98 Å². The first-order chi connectivity index (χ1) is 9.75. The number of aromatic nitrogens is 1. The Morgan fingerprint density at radius 2 is 1.95 bits per heavy atom. The highest BCUT2D eigenvalue weighted by Crippen LogP contribution is 2.56. The van der Waals surface area contributed by atoms with E-state index < -0.39 is 0 Å². The topological polar surface area (TPSA) is 46.3 Å². The van der Waals surface area contributed by atoms with Crippen LogP contribution in [0.2, 0.25) is 0 Å². The number of hydrogen-bond donors (Lipinski definition) is 0. The van der Waals surface area contributed by atoms with Gasteiger partial charge in [0.15, 0.2) is 5.58 Å². The molecule has 104 valence electrons. The Labute approximate surface area is 117 Å². The van der Waals surface area contributed by atoms with Gasteiger partial charge in [0, 0.05) is 13.0 Å². The molecular weight excluding hydrogens is 252 g/mol. The van der Waals surface area contributed by atoms with Crippen molar-refractivity contribution in [1.29, 1.82) is 0 Å². The molecule has 1 aromatic heterocycles. The minimum atomic E-state index is 0.174. The molecule has 2 aromatic rings. The van der Waals surface area contributed by atoms with Crippen LogP contribution in [0, 0.1) is 17.8 Å². The first kappa shape index (κ1) is 11.9. The zero-order chi connectivity index (χ0) is 13.7. The fraction of sp³-hybridized carbons (Fsp3) is 0.500. The van der Waals surface area contributed by atoms with E-state index in [2.05, 4.69) is 4.98 Å². The summed E-state index contributed by atoms with van der Waals surface area (Å²) < 4.78 is 5.68. The smallest absolute Gasteiger partial charge is 0.304 e. The number of anilines is 1. The monoisotopic (exact) mass is 270 g/mol. The van der Waals surface area contributed by atoms with Crippen LogP contribution in [0.4, 0.5) is 6.01 Å². The number of para-hydroxylation sites is 2. The van der Waals surface area contributed by atoms with Crippen molar-refractivity contribution < 1.29 is 9.21 Å². The first-order valence-electron chi connectivity index (χ1n) is 7.39. The maximum Gasteiger partial charge on any atom is 0.304 e. The van der Waals surface area contributed by atoms with Crippen LogP contribution in [0.25, 0.3) is 11.1 Å². The first-order valence-corrected chi connectivity index (χ1v) is 7.39. The second-order valence-corrected chi connectivity index (χ2v) is 6.00. The number of carbonyl (C=O) groups is 1. The van der Waals surface area contributed by atoms with Crippen molar-refractivity contribution in [2.45, 2.75) is 25.7 Å².